The van der Waals surface area contributed by atoms with Crippen LogP contribution in [0.25, 0.3) is 0 Å². The Balaban J connectivity index is 2.66. The van der Waals surface area contributed by atoms with E-state index in [4.69, 9.17) is 5.11 Å². The molecule has 1 saturated heterocycles. The van der Waals surface area contributed by atoms with Gasteiger partial charge in [0.15, 0.2) is 0 Å². The molecule has 1 heterocycles. The number of carbonyl (C=O) groups is 2. The Hall–Kier alpha value is -1.10. The van der Waals surface area contributed by atoms with Crippen molar-refractivity contribution in [3.8, 4) is 0 Å². The molecule has 0 aromatic heterocycles. The van der Waals surface area contributed by atoms with E-state index in [2.05, 4.69) is 0 Å². The lowest BCUT2D eigenvalue weighted by Crippen LogP contribution is -2.40. The zero-order valence-corrected chi connectivity index (χ0v) is 9.01. The molecule has 5 nitrogen and oxygen atoms in total. The second-order valence-electron chi connectivity index (χ2n) is 4.39. The molecule has 0 bridgehead atoms. The molecule has 0 aliphatic carbocycles. The quantitative estimate of drug-likeness (QED) is 0.698. The van der Waals surface area contributed by atoms with Crippen LogP contribution in [0.1, 0.15) is 26.7 Å². The third kappa shape index (κ3) is 2.92. The summed E-state index contributed by atoms with van der Waals surface area (Å²) in [4.78, 5) is 23.8. The molecule has 1 aliphatic rings. The van der Waals surface area contributed by atoms with Crippen molar-refractivity contribution < 1.29 is 19.8 Å². The molecule has 1 aliphatic heterocycles. The minimum Gasteiger partial charge on any atom is -0.480 e. The molecule has 5 heteroatoms. The second-order valence-corrected chi connectivity index (χ2v) is 4.39. The number of rotatable bonds is 3. The number of nitrogens with zero attached hydrogens (tertiary/aromatic N) is 1. The largest absolute Gasteiger partial charge is 0.480 e. The average molecular weight is 215 g/mol. The molecule has 0 aromatic rings. The average Bonchev–Trinajstić information content (AvgIpc) is 2.46. The minimum atomic E-state index is -1.04. The molecule has 2 N–H and O–H groups in total. The van der Waals surface area contributed by atoms with Gasteiger partial charge in [-0.3, -0.25) is 4.79 Å². The Morgan fingerprint density at radius 1 is 1.47 bits per heavy atom. The molecule has 0 aromatic carbocycles. The van der Waals surface area contributed by atoms with E-state index in [1.807, 2.05) is 13.8 Å². The number of amides is 1. The third-order valence-electron chi connectivity index (χ3n) is 2.47. The molecular weight excluding hydrogens is 198 g/mol. The third-order valence-corrected chi connectivity index (χ3v) is 2.47. The summed E-state index contributed by atoms with van der Waals surface area (Å²) in [5.41, 5.74) is 0. The standard InChI is InChI=1S/C10H17NO4/c1-6(2)3-9(13)11-5-7(12)4-8(11)10(14)15/h6-8,12H,3-5H2,1-2H3,(H,14,15)/t7-,8+/m1/s1. The molecule has 15 heavy (non-hydrogen) atoms. The molecule has 1 amide bonds. The lowest BCUT2D eigenvalue weighted by Gasteiger charge is -2.21. The summed E-state index contributed by atoms with van der Waals surface area (Å²) in [6, 6.07) is -0.855. The summed E-state index contributed by atoms with van der Waals surface area (Å²) >= 11 is 0. The Morgan fingerprint density at radius 3 is 2.53 bits per heavy atom. The topological polar surface area (TPSA) is 77.8 Å². The number of carbonyl (C=O) groups excluding carboxylic acids is 1. The zero-order valence-electron chi connectivity index (χ0n) is 9.01. The molecule has 2 atom stereocenters. The van der Waals surface area contributed by atoms with Crippen LogP contribution in [0.15, 0.2) is 0 Å². The van der Waals surface area contributed by atoms with Crippen LogP contribution in [0, 0.1) is 5.92 Å². The normalized spacial score (nSPS) is 26.0. The van der Waals surface area contributed by atoms with E-state index in [1.165, 1.54) is 4.90 Å². The summed E-state index contributed by atoms with van der Waals surface area (Å²) in [7, 11) is 0. The number of carboxylic acids is 1. The Bertz CT molecular complexity index is 264. The Labute approximate surface area is 88.7 Å². The van der Waals surface area contributed by atoms with Gasteiger partial charge in [-0.1, -0.05) is 13.8 Å². The number of β-amino-alcohol motifs (C(OH)–C–C–N with tert-alkyl or cyclic N) is 1. The number of aliphatic carboxylic acids is 1. The van der Waals surface area contributed by atoms with Crippen LogP contribution in [-0.4, -0.2) is 45.7 Å². The van der Waals surface area contributed by atoms with Gasteiger partial charge >= 0.3 is 5.97 Å². The van der Waals surface area contributed by atoms with Gasteiger partial charge in [-0.2, -0.15) is 0 Å². The van der Waals surface area contributed by atoms with Crippen molar-refractivity contribution >= 4 is 11.9 Å². The number of likely N-dealkylation sites (tertiary alicyclic amines) is 1. The molecule has 86 valence electrons. The van der Waals surface area contributed by atoms with Gasteiger partial charge in [0.05, 0.1) is 6.10 Å². The fraction of sp³-hybridized carbons (Fsp3) is 0.800. The SMILES string of the molecule is CC(C)CC(=O)N1C[C@H](O)C[C@H]1C(=O)O. The fourth-order valence-corrected chi connectivity index (χ4v) is 1.79. The number of carboxylic acid groups (broad SMARTS) is 1. The van der Waals surface area contributed by atoms with Crippen molar-refractivity contribution in [1.29, 1.82) is 0 Å². The molecule has 0 saturated carbocycles. The second kappa shape index (κ2) is 4.61. The van der Waals surface area contributed by atoms with Crippen molar-refractivity contribution in [2.45, 2.75) is 38.8 Å². The van der Waals surface area contributed by atoms with Crippen LogP contribution >= 0.6 is 0 Å². The first-order valence-corrected chi connectivity index (χ1v) is 5.12. The van der Waals surface area contributed by atoms with Crippen molar-refractivity contribution in [2.24, 2.45) is 5.92 Å². The lowest BCUT2D eigenvalue weighted by atomic mass is 10.1. The minimum absolute atomic E-state index is 0.138. The van der Waals surface area contributed by atoms with Gasteiger partial charge in [0.25, 0.3) is 0 Å². The van der Waals surface area contributed by atoms with Crippen molar-refractivity contribution in [1.82, 2.24) is 4.90 Å². The monoisotopic (exact) mass is 215 g/mol. The van der Waals surface area contributed by atoms with Crippen molar-refractivity contribution in [3.05, 3.63) is 0 Å². The van der Waals surface area contributed by atoms with Crippen LogP contribution < -0.4 is 0 Å². The van der Waals surface area contributed by atoms with Crippen LogP contribution in [-0.2, 0) is 9.59 Å². The maximum Gasteiger partial charge on any atom is 0.326 e. The highest BCUT2D eigenvalue weighted by molar-refractivity contribution is 5.84. The highest BCUT2D eigenvalue weighted by Crippen LogP contribution is 2.20. The summed E-state index contributed by atoms with van der Waals surface area (Å²) in [5.74, 6) is -1.03. The van der Waals surface area contributed by atoms with Crippen molar-refractivity contribution in [2.75, 3.05) is 6.54 Å². The molecule has 0 radical (unpaired) electrons. The van der Waals surface area contributed by atoms with Gasteiger partial charge in [0.1, 0.15) is 6.04 Å². The van der Waals surface area contributed by atoms with E-state index in [0.29, 0.717) is 6.42 Å². The highest BCUT2D eigenvalue weighted by Gasteiger charge is 2.38. The predicted molar refractivity (Wildman–Crippen MR) is 53.2 cm³/mol. The zero-order chi connectivity index (χ0) is 11.6. The van der Waals surface area contributed by atoms with E-state index < -0.39 is 18.1 Å². The van der Waals surface area contributed by atoms with Gasteiger partial charge in [-0.25, -0.2) is 4.79 Å². The molecular formula is C10H17NO4. The van der Waals surface area contributed by atoms with Crippen LogP contribution in [0.3, 0.4) is 0 Å². The summed E-state index contributed by atoms with van der Waals surface area (Å²) in [6.45, 7) is 3.95. The first-order valence-electron chi connectivity index (χ1n) is 5.12. The highest BCUT2D eigenvalue weighted by atomic mass is 16.4. The van der Waals surface area contributed by atoms with E-state index in [0.717, 1.165) is 0 Å². The maximum atomic E-state index is 11.7. The Morgan fingerprint density at radius 2 is 2.07 bits per heavy atom. The van der Waals surface area contributed by atoms with Crippen LogP contribution in [0.5, 0.6) is 0 Å². The number of aliphatic hydroxyl groups excluding tert-OH is 1. The smallest absolute Gasteiger partial charge is 0.326 e. The summed E-state index contributed by atoms with van der Waals surface area (Å²) < 4.78 is 0. The fourth-order valence-electron chi connectivity index (χ4n) is 1.79. The van der Waals surface area contributed by atoms with Gasteiger partial charge in [0, 0.05) is 19.4 Å². The molecule has 1 fully saturated rings. The van der Waals surface area contributed by atoms with Gasteiger partial charge in [-0.15, -0.1) is 0 Å². The lowest BCUT2D eigenvalue weighted by molar-refractivity contribution is -0.148. The number of aliphatic hydroxyl groups is 1. The molecule has 0 spiro atoms. The van der Waals surface area contributed by atoms with Crippen LogP contribution in [0.2, 0.25) is 0 Å². The molecule has 0 unspecified atom stereocenters. The predicted octanol–water partition coefficient (Wildman–Crippen LogP) is 0.0789. The van der Waals surface area contributed by atoms with Gasteiger partial charge < -0.3 is 15.1 Å². The van der Waals surface area contributed by atoms with Gasteiger partial charge in [0.2, 0.25) is 5.91 Å². The van der Waals surface area contributed by atoms with E-state index in [1.54, 1.807) is 0 Å². The number of hydrogen-bond acceptors (Lipinski definition) is 3. The van der Waals surface area contributed by atoms with Crippen molar-refractivity contribution in [3.63, 3.8) is 0 Å². The first kappa shape index (κ1) is 12.0. The van der Waals surface area contributed by atoms with Gasteiger partial charge in [-0.05, 0) is 5.92 Å². The summed E-state index contributed by atoms with van der Waals surface area (Å²) in [6.07, 6.45) is -0.238. The Kier molecular flexibility index (Phi) is 3.68. The van der Waals surface area contributed by atoms with E-state index in [9.17, 15) is 14.7 Å². The summed E-state index contributed by atoms with van der Waals surface area (Å²) in [5, 5.41) is 18.2. The van der Waals surface area contributed by atoms with E-state index >= 15 is 0 Å². The number of hydrogen-bond donors (Lipinski definition) is 2. The van der Waals surface area contributed by atoms with E-state index in [-0.39, 0.29) is 24.8 Å². The first-order chi connectivity index (χ1) is 6.91. The van der Waals surface area contributed by atoms with Crippen LogP contribution in [0.4, 0.5) is 0 Å². The maximum absolute atomic E-state index is 11.7. The molecule has 1 rings (SSSR count).